The van der Waals surface area contributed by atoms with E-state index in [9.17, 15) is 19.3 Å². The van der Waals surface area contributed by atoms with Gasteiger partial charge < -0.3 is 4.74 Å². The SMILES string of the molecule is O=C(OCc1ccccc1)C(F)[N+](=O)[O-]. The van der Waals surface area contributed by atoms with E-state index in [2.05, 4.69) is 4.74 Å². The van der Waals surface area contributed by atoms with Gasteiger partial charge in [0.05, 0.1) is 4.92 Å². The van der Waals surface area contributed by atoms with Gasteiger partial charge >= 0.3 is 12.3 Å². The first-order valence-electron chi connectivity index (χ1n) is 4.09. The number of carbonyl (C=O) groups is 1. The Bertz CT molecular complexity index is 354. The molecule has 0 aromatic heterocycles. The van der Waals surface area contributed by atoms with E-state index in [0.717, 1.165) is 0 Å². The van der Waals surface area contributed by atoms with Crippen LogP contribution in [0.5, 0.6) is 0 Å². The largest absolute Gasteiger partial charge is 0.454 e. The van der Waals surface area contributed by atoms with Gasteiger partial charge in [0.1, 0.15) is 6.61 Å². The van der Waals surface area contributed by atoms with Gasteiger partial charge in [0.25, 0.3) is 0 Å². The molecule has 0 saturated heterocycles. The zero-order valence-electron chi connectivity index (χ0n) is 7.63. The number of esters is 1. The van der Waals surface area contributed by atoms with Crippen LogP contribution in [0.25, 0.3) is 0 Å². The zero-order chi connectivity index (χ0) is 11.3. The van der Waals surface area contributed by atoms with Crippen LogP contribution in [0, 0.1) is 10.1 Å². The molecule has 0 bridgehead atoms. The lowest BCUT2D eigenvalue weighted by Crippen LogP contribution is -2.26. The van der Waals surface area contributed by atoms with Crippen LogP contribution >= 0.6 is 0 Å². The molecule has 0 heterocycles. The first kappa shape index (κ1) is 11.1. The molecule has 80 valence electrons. The Balaban J connectivity index is 2.44. The molecule has 0 saturated carbocycles. The van der Waals surface area contributed by atoms with Gasteiger partial charge in [0, 0.05) is 0 Å². The van der Waals surface area contributed by atoms with E-state index in [-0.39, 0.29) is 6.61 Å². The monoisotopic (exact) mass is 213 g/mol. The molecule has 1 rings (SSSR count). The number of nitro groups is 1. The Morgan fingerprint density at radius 3 is 2.60 bits per heavy atom. The second-order valence-corrected chi connectivity index (χ2v) is 2.71. The predicted octanol–water partition coefficient (Wildman–Crippen LogP) is 1.30. The lowest BCUT2D eigenvalue weighted by molar-refractivity contribution is -0.539. The van der Waals surface area contributed by atoms with Gasteiger partial charge in [0.2, 0.25) is 0 Å². The Kier molecular flexibility index (Phi) is 3.73. The summed E-state index contributed by atoms with van der Waals surface area (Å²) < 4.78 is 16.8. The van der Waals surface area contributed by atoms with Gasteiger partial charge in [-0.25, -0.2) is 4.79 Å². The molecule has 0 fully saturated rings. The standard InChI is InChI=1S/C9H8FNO4/c10-8(11(13)14)9(12)15-6-7-4-2-1-3-5-7/h1-5,8H,6H2. The summed E-state index contributed by atoms with van der Waals surface area (Å²) in [7, 11) is 0. The highest BCUT2D eigenvalue weighted by Crippen LogP contribution is 2.03. The average Bonchev–Trinajstić information content (AvgIpc) is 2.26. The number of carbonyl (C=O) groups excluding carboxylic acids is 1. The first-order chi connectivity index (χ1) is 7.11. The molecule has 1 aromatic rings. The van der Waals surface area contributed by atoms with Crippen LogP contribution in [-0.2, 0) is 16.1 Å². The third-order valence-corrected chi connectivity index (χ3v) is 1.60. The Morgan fingerprint density at radius 2 is 2.07 bits per heavy atom. The second-order valence-electron chi connectivity index (χ2n) is 2.71. The summed E-state index contributed by atoms with van der Waals surface area (Å²) in [4.78, 5) is 19.3. The van der Waals surface area contributed by atoms with Gasteiger partial charge in [-0.1, -0.05) is 30.3 Å². The van der Waals surface area contributed by atoms with Crippen LogP contribution in [0.2, 0.25) is 0 Å². The maximum atomic E-state index is 12.4. The number of halogens is 1. The number of ether oxygens (including phenoxy) is 1. The molecule has 1 unspecified atom stereocenters. The lowest BCUT2D eigenvalue weighted by atomic mass is 10.2. The number of rotatable bonds is 4. The van der Waals surface area contributed by atoms with E-state index >= 15 is 0 Å². The van der Waals surface area contributed by atoms with Crippen molar-refractivity contribution in [2.75, 3.05) is 0 Å². The smallest absolute Gasteiger partial charge is 0.445 e. The van der Waals surface area contributed by atoms with E-state index in [1.807, 2.05) is 0 Å². The first-order valence-corrected chi connectivity index (χ1v) is 4.09. The Morgan fingerprint density at radius 1 is 1.47 bits per heavy atom. The van der Waals surface area contributed by atoms with Crippen molar-refractivity contribution in [1.29, 1.82) is 0 Å². The fourth-order valence-electron chi connectivity index (χ4n) is 0.884. The van der Waals surface area contributed by atoms with E-state index < -0.39 is 17.2 Å². The van der Waals surface area contributed by atoms with Gasteiger partial charge in [-0.2, -0.15) is 4.39 Å². The minimum absolute atomic E-state index is 0.173. The molecule has 0 amide bonds. The van der Waals surface area contributed by atoms with Crippen LogP contribution in [0.15, 0.2) is 30.3 Å². The fourth-order valence-corrected chi connectivity index (χ4v) is 0.884. The predicted molar refractivity (Wildman–Crippen MR) is 48.1 cm³/mol. The van der Waals surface area contributed by atoms with Crippen molar-refractivity contribution in [3.63, 3.8) is 0 Å². The summed E-state index contributed by atoms with van der Waals surface area (Å²) in [5, 5.41) is 9.88. The highest BCUT2D eigenvalue weighted by atomic mass is 19.1. The van der Waals surface area contributed by atoms with Crippen LogP contribution in [0.1, 0.15) is 5.56 Å². The number of hydrogen-bond donors (Lipinski definition) is 0. The molecule has 0 radical (unpaired) electrons. The zero-order valence-corrected chi connectivity index (χ0v) is 7.63. The summed E-state index contributed by atoms with van der Waals surface area (Å²) in [5.41, 5.74) is 0.640. The number of nitrogens with zero attached hydrogens (tertiary/aromatic N) is 1. The molecule has 0 spiro atoms. The van der Waals surface area contributed by atoms with Gasteiger partial charge in [0.15, 0.2) is 0 Å². The van der Waals surface area contributed by atoms with Gasteiger partial charge in [-0.05, 0) is 5.56 Å². The molecule has 15 heavy (non-hydrogen) atoms. The molecule has 0 aliphatic heterocycles. The fraction of sp³-hybridized carbons (Fsp3) is 0.222. The average molecular weight is 213 g/mol. The maximum Gasteiger partial charge on any atom is 0.445 e. The number of alkyl halides is 1. The Hall–Kier alpha value is -1.98. The molecular weight excluding hydrogens is 205 g/mol. The van der Waals surface area contributed by atoms with Crippen molar-refractivity contribution in [3.05, 3.63) is 46.0 Å². The quantitative estimate of drug-likeness (QED) is 0.327. The minimum Gasteiger partial charge on any atom is -0.454 e. The van der Waals surface area contributed by atoms with Crippen LogP contribution in [0.4, 0.5) is 4.39 Å². The van der Waals surface area contributed by atoms with Gasteiger partial charge in [-0.3, -0.25) is 10.1 Å². The van der Waals surface area contributed by atoms with Crippen LogP contribution < -0.4 is 0 Å². The normalized spacial score (nSPS) is 11.8. The van der Waals surface area contributed by atoms with Crippen LogP contribution in [-0.4, -0.2) is 17.2 Å². The molecule has 5 nitrogen and oxygen atoms in total. The lowest BCUT2D eigenvalue weighted by Gasteiger charge is -2.03. The van der Waals surface area contributed by atoms with E-state index in [0.29, 0.717) is 5.56 Å². The van der Waals surface area contributed by atoms with Crippen molar-refractivity contribution in [2.45, 2.75) is 12.9 Å². The van der Waals surface area contributed by atoms with E-state index in [4.69, 9.17) is 0 Å². The molecule has 1 aromatic carbocycles. The highest BCUT2D eigenvalue weighted by molar-refractivity contribution is 5.72. The van der Waals surface area contributed by atoms with Crippen molar-refractivity contribution in [3.8, 4) is 0 Å². The van der Waals surface area contributed by atoms with Crippen molar-refractivity contribution < 1.29 is 18.8 Å². The number of benzene rings is 1. The molecule has 0 aliphatic carbocycles. The summed E-state index contributed by atoms with van der Waals surface area (Å²) >= 11 is 0. The third-order valence-electron chi connectivity index (χ3n) is 1.60. The molecule has 1 atom stereocenters. The summed E-state index contributed by atoms with van der Waals surface area (Å²) in [5.74, 6) is -1.48. The Labute approximate surface area is 84.6 Å². The second kappa shape index (κ2) is 5.04. The topological polar surface area (TPSA) is 69.4 Å². The van der Waals surface area contributed by atoms with Crippen molar-refractivity contribution in [2.24, 2.45) is 0 Å². The van der Waals surface area contributed by atoms with E-state index in [1.165, 1.54) is 0 Å². The maximum absolute atomic E-state index is 12.4. The summed E-state index contributed by atoms with van der Waals surface area (Å²) in [6.07, 6.45) is -2.81. The summed E-state index contributed by atoms with van der Waals surface area (Å²) in [6, 6.07) is 8.51. The molecule has 0 N–H and O–H groups in total. The van der Waals surface area contributed by atoms with Crippen LogP contribution in [0.3, 0.4) is 0 Å². The molecule has 0 aliphatic rings. The minimum atomic E-state index is -2.81. The molecular formula is C9H8FNO4. The van der Waals surface area contributed by atoms with Gasteiger partial charge in [-0.15, -0.1) is 0 Å². The summed E-state index contributed by atoms with van der Waals surface area (Å²) in [6.45, 7) is -0.173. The highest BCUT2D eigenvalue weighted by Gasteiger charge is 2.30. The number of hydrogen-bond acceptors (Lipinski definition) is 4. The third kappa shape index (κ3) is 3.34. The van der Waals surface area contributed by atoms with Crippen molar-refractivity contribution in [1.82, 2.24) is 0 Å². The van der Waals surface area contributed by atoms with Crippen molar-refractivity contribution >= 4 is 5.97 Å². The molecule has 6 heteroatoms. The van der Waals surface area contributed by atoms with E-state index in [1.54, 1.807) is 30.3 Å².